The van der Waals surface area contributed by atoms with Crippen molar-refractivity contribution in [1.29, 1.82) is 0 Å². The molecule has 0 aromatic heterocycles. The number of nitrogens with two attached hydrogens (primary N) is 1. The molecule has 0 bridgehead atoms. The van der Waals surface area contributed by atoms with Gasteiger partial charge in [0.1, 0.15) is 0 Å². The Balaban J connectivity index is 1.83. The number of hydrogen-bond acceptors (Lipinski definition) is 5. The molecule has 0 unspecified atom stereocenters. The van der Waals surface area contributed by atoms with Crippen LogP contribution in [0.4, 0.5) is 0 Å². The van der Waals surface area contributed by atoms with Gasteiger partial charge in [-0.15, -0.1) is 0 Å². The van der Waals surface area contributed by atoms with Crippen molar-refractivity contribution in [3.63, 3.8) is 0 Å². The molecule has 104 valence electrons. The van der Waals surface area contributed by atoms with Crippen molar-refractivity contribution in [2.24, 2.45) is 16.6 Å². The minimum absolute atomic E-state index is 0.193. The first kappa shape index (κ1) is 13.9. The average molecular weight is 284 g/mol. The summed E-state index contributed by atoms with van der Waals surface area (Å²) in [6, 6.07) is 0. The second kappa shape index (κ2) is 6.05. The number of carbonyl (C=O) groups is 3. The topological polar surface area (TPSA) is 105 Å². The quantitative estimate of drug-likeness (QED) is 0.598. The van der Waals surface area contributed by atoms with E-state index in [1.54, 1.807) is 0 Å². The fourth-order valence-corrected chi connectivity index (χ4v) is 2.80. The van der Waals surface area contributed by atoms with Gasteiger partial charge in [-0.3, -0.25) is 24.7 Å². The van der Waals surface area contributed by atoms with Crippen LogP contribution in [-0.4, -0.2) is 53.2 Å². The molecule has 2 aliphatic rings. The highest BCUT2D eigenvalue weighted by molar-refractivity contribution is 8.14. The fourth-order valence-electron chi connectivity index (χ4n) is 2.07. The Morgan fingerprint density at radius 3 is 2.53 bits per heavy atom. The molecule has 0 aromatic carbocycles. The van der Waals surface area contributed by atoms with Crippen LogP contribution in [0.2, 0.25) is 0 Å². The smallest absolute Gasteiger partial charge is 0.315 e. The monoisotopic (exact) mass is 284 g/mol. The molecule has 0 spiro atoms. The van der Waals surface area contributed by atoms with Gasteiger partial charge in [-0.1, -0.05) is 11.8 Å². The van der Waals surface area contributed by atoms with Gasteiger partial charge in [0, 0.05) is 24.8 Å². The number of hydrogen-bond donors (Lipinski definition) is 2. The highest BCUT2D eigenvalue weighted by Gasteiger charge is 2.29. The summed E-state index contributed by atoms with van der Waals surface area (Å²) in [5, 5.41) is 3.01. The molecule has 1 fully saturated rings. The minimum Gasteiger partial charge on any atom is -0.369 e. The van der Waals surface area contributed by atoms with Gasteiger partial charge in [0.25, 0.3) is 0 Å². The Hall–Kier alpha value is -1.57. The average Bonchev–Trinajstić information content (AvgIpc) is 2.90. The summed E-state index contributed by atoms with van der Waals surface area (Å²) in [5.74, 6) is -0.938. The van der Waals surface area contributed by atoms with Crippen LogP contribution in [-0.2, 0) is 14.4 Å². The van der Waals surface area contributed by atoms with Crippen molar-refractivity contribution < 1.29 is 14.4 Å². The van der Waals surface area contributed by atoms with Crippen LogP contribution in [0.5, 0.6) is 0 Å². The predicted octanol–water partition coefficient (Wildman–Crippen LogP) is -1.07. The molecule has 7 nitrogen and oxygen atoms in total. The molecule has 0 saturated carbocycles. The van der Waals surface area contributed by atoms with Crippen molar-refractivity contribution in [3.05, 3.63) is 0 Å². The zero-order valence-electron chi connectivity index (χ0n) is 10.4. The molecule has 3 N–H and O–H groups in total. The van der Waals surface area contributed by atoms with Crippen LogP contribution in [0.15, 0.2) is 4.99 Å². The maximum absolute atomic E-state index is 11.9. The number of primary amides is 1. The maximum atomic E-state index is 11.9. The molecule has 0 aromatic rings. The van der Waals surface area contributed by atoms with Crippen LogP contribution < -0.4 is 11.1 Å². The van der Waals surface area contributed by atoms with Crippen LogP contribution in [0.25, 0.3) is 0 Å². The van der Waals surface area contributed by atoms with Crippen LogP contribution in [0, 0.1) is 5.92 Å². The van der Waals surface area contributed by atoms with E-state index >= 15 is 0 Å². The lowest BCUT2D eigenvalue weighted by Gasteiger charge is -2.29. The lowest BCUT2D eigenvalue weighted by molar-refractivity contribution is -0.146. The van der Waals surface area contributed by atoms with Crippen molar-refractivity contribution in [1.82, 2.24) is 10.2 Å². The molecule has 1 saturated heterocycles. The van der Waals surface area contributed by atoms with Crippen LogP contribution in [0.1, 0.15) is 12.8 Å². The Morgan fingerprint density at radius 2 is 2.00 bits per heavy atom. The van der Waals surface area contributed by atoms with Gasteiger partial charge < -0.3 is 10.6 Å². The van der Waals surface area contributed by atoms with Crippen molar-refractivity contribution in [2.75, 3.05) is 25.4 Å². The third-order valence-corrected chi connectivity index (χ3v) is 4.08. The number of rotatable bonds is 1. The standard InChI is InChI=1S/C11H16N4O3S/c12-8(16)7-1-4-15(5-2-7)10(18)9(17)14-11-13-3-6-19-11/h7H,1-6H2,(H2,12,16)(H,13,14,17). The van der Waals surface area contributed by atoms with Crippen LogP contribution >= 0.6 is 11.8 Å². The number of nitrogens with one attached hydrogen (secondary N) is 1. The third kappa shape index (κ3) is 3.46. The number of amides is 3. The fraction of sp³-hybridized carbons (Fsp3) is 0.636. The lowest BCUT2D eigenvalue weighted by Crippen LogP contribution is -2.48. The molecule has 2 aliphatic heterocycles. The minimum atomic E-state index is -0.661. The van der Waals surface area contributed by atoms with Crippen LogP contribution in [0.3, 0.4) is 0 Å². The molecular weight excluding hydrogens is 268 g/mol. The van der Waals surface area contributed by atoms with Gasteiger partial charge in [0.05, 0.1) is 6.54 Å². The van der Waals surface area contributed by atoms with E-state index in [0.717, 1.165) is 5.75 Å². The number of nitrogens with zero attached hydrogens (tertiary/aromatic N) is 2. The van der Waals surface area contributed by atoms with Gasteiger partial charge >= 0.3 is 11.8 Å². The number of carbonyl (C=O) groups excluding carboxylic acids is 3. The Kier molecular flexibility index (Phi) is 4.41. The molecular formula is C11H16N4O3S. The van der Waals surface area contributed by atoms with E-state index < -0.39 is 11.8 Å². The van der Waals surface area contributed by atoms with E-state index in [1.165, 1.54) is 16.7 Å². The molecule has 2 heterocycles. The molecule has 2 rings (SSSR count). The Bertz CT molecular complexity index is 430. The Morgan fingerprint density at radius 1 is 1.32 bits per heavy atom. The van der Waals surface area contributed by atoms with E-state index in [1.807, 2.05) is 0 Å². The Labute approximate surface area is 115 Å². The van der Waals surface area contributed by atoms with Gasteiger partial charge in [-0.05, 0) is 12.8 Å². The highest BCUT2D eigenvalue weighted by Crippen LogP contribution is 2.16. The number of thioether (sulfide) groups is 1. The summed E-state index contributed by atoms with van der Waals surface area (Å²) < 4.78 is 0. The second-order valence-corrected chi connectivity index (χ2v) is 5.54. The SMILES string of the molecule is NC(=O)C1CCN(C(=O)C(=O)NC2=NCCS2)CC1. The third-order valence-electron chi connectivity index (χ3n) is 3.18. The van der Waals surface area contributed by atoms with Crippen molar-refractivity contribution >= 4 is 34.7 Å². The summed E-state index contributed by atoms with van der Waals surface area (Å²) >= 11 is 1.43. The zero-order chi connectivity index (χ0) is 13.8. The van der Waals surface area contributed by atoms with E-state index in [9.17, 15) is 14.4 Å². The molecule has 19 heavy (non-hydrogen) atoms. The van der Waals surface area contributed by atoms with E-state index in [-0.39, 0.29) is 11.8 Å². The van der Waals surface area contributed by atoms with Gasteiger partial charge in [-0.2, -0.15) is 0 Å². The van der Waals surface area contributed by atoms with E-state index in [4.69, 9.17) is 5.73 Å². The predicted molar refractivity (Wildman–Crippen MR) is 71.4 cm³/mol. The summed E-state index contributed by atoms with van der Waals surface area (Å²) in [7, 11) is 0. The largest absolute Gasteiger partial charge is 0.369 e. The first-order chi connectivity index (χ1) is 9.08. The summed E-state index contributed by atoms with van der Waals surface area (Å²) in [4.78, 5) is 40.1. The summed E-state index contributed by atoms with van der Waals surface area (Å²) in [5.41, 5.74) is 5.22. The molecule has 8 heteroatoms. The first-order valence-corrected chi connectivity index (χ1v) is 7.13. The van der Waals surface area contributed by atoms with E-state index in [2.05, 4.69) is 10.3 Å². The first-order valence-electron chi connectivity index (χ1n) is 6.14. The van der Waals surface area contributed by atoms with E-state index in [0.29, 0.717) is 37.6 Å². The van der Waals surface area contributed by atoms with Gasteiger partial charge in [0.15, 0.2) is 5.17 Å². The van der Waals surface area contributed by atoms with Crippen molar-refractivity contribution in [2.45, 2.75) is 12.8 Å². The highest BCUT2D eigenvalue weighted by atomic mass is 32.2. The zero-order valence-corrected chi connectivity index (χ0v) is 11.2. The molecule has 0 aliphatic carbocycles. The number of piperidine rings is 1. The normalized spacial score (nSPS) is 20.0. The molecule has 0 radical (unpaired) electrons. The molecule has 0 atom stereocenters. The maximum Gasteiger partial charge on any atom is 0.315 e. The summed E-state index contributed by atoms with van der Waals surface area (Å²) in [6.45, 7) is 1.44. The van der Waals surface area contributed by atoms with Gasteiger partial charge in [-0.25, -0.2) is 0 Å². The lowest BCUT2D eigenvalue weighted by atomic mass is 9.96. The van der Waals surface area contributed by atoms with Gasteiger partial charge in [0.2, 0.25) is 5.91 Å². The number of amidine groups is 1. The number of aliphatic imine (C=N–C) groups is 1. The second-order valence-electron chi connectivity index (χ2n) is 4.46. The molecule has 3 amide bonds. The van der Waals surface area contributed by atoms with Crippen molar-refractivity contribution in [3.8, 4) is 0 Å². The summed E-state index contributed by atoms with van der Waals surface area (Å²) in [6.07, 6.45) is 1.04. The number of likely N-dealkylation sites (tertiary alicyclic amines) is 1.